The van der Waals surface area contributed by atoms with E-state index in [0.29, 0.717) is 25.4 Å². The van der Waals surface area contributed by atoms with Crippen molar-refractivity contribution < 1.29 is 14.3 Å². The zero-order valence-electron chi connectivity index (χ0n) is 11.6. The third kappa shape index (κ3) is 3.95. The van der Waals surface area contributed by atoms with E-state index in [-0.39, 0.29) is 5.97 Å². The number of nitrogens with zero attached hydrogens (tertiary/aromatic N) is 1. The van der Waals surface area contributed by atoms with Gasteiger partial charge in [0.2, 0.25) is 0 Å². The minimum atomic E-state index is -0.107. The third-order valence-electron chi connectivity index (χ3n) is 3.91. The molecule has 0 unspecified atom stereocenters. The lowest BCUT2D eigenvalue weighted by Crippen LogP contribution is -2.42. The van der Waals surface area contributed by atoms with Crippen molar-refractivity contribution in [3.8, 4) is 0 Å². The molecule has 0 aromatic heterocycles. The molecule has 18 heavy (non-hydrogen) atoms. The highest BCUT2D eigenvalue weighted by atomic mass is 16.5. The van der Waals surface area contributed by atoms with Crippen LogP contribution in [0.25, 0.3) is 0 Å². The fourth-order valence-electron chi connectivity index (χ4n) is 2.80. The molecule has 1 saturated carbocycles. The van der Waals surface area contributed by atoms with Crippen molar-refractivity contribution >= 4 is 5.97 Å². The second-order valence-corrected chi connectivity index (χ2v) is 5.62. The Morgan fingerprint density at radius 3 is 2.44 bits per heavy atom. The second kappa shape index (κ2) is 6.53. The van der Waals surface area contributed by atoms with Crippen LogP contribution >= 0.6 is 0 Å². The molecule has 104 valence electrons. The van der Waals surface area contributed by atoms with Crippen molar-refractivity contribution in [1.29, 1.82) is 0 Å². The molecular formula is C14H25NO3. The van der Waals surface area contributed by atoms with Crippen molar-refractivity contribution in [3.63, 3.8) is 0 Å². The van der Waals surface area contributed by atoms with Gasteiger partial charge < -0.3 is 9.47 Å². The Morgan fingerprint density at radius 2 is 1.89 bits per heavy atom. The van der Waals surface area contributed by atoms with Gasteiger partial charge in [-0.1, -0.05) is 6.92 Å². The standard InChI is InChI=1S/C14H25NO3/c1-3-17-14(16)10-15-6-4-12(5-7-15)18-13-8-11(2)9-13/h11-13H,3-10H2,1-2H3/t11-,13+. The maximum atomic E-state index is 11.4. The van der Waals surface area contributed by atoms with Gasteiger partial charge >= 0.3 is 5.97 Å². The molecule has 0 aromatic carbocycles. The topological polar surface area (TPSA) is 38.8 Å². The maximum absolute atomic E-state index is 11.4. The molecule has 2 aliphatic rings. The number of carbonyl (C=O) groups excluding carboxylic acids is 1. The van der Waals surface area contributed by atoms with Gasteiger partial charge in [-0.05, 0) is 38.5 Å². The Labute approximate surface area is 110 Å². The highest BCUT2D eigenvalue weighted by Crippen LogP contribution is 2.31. The average Bonchev–Trinajstić information content (AvgIpc) is 2.30. The number of ether oxygens (including phenoxy) is 2. The van der Waals surface area contributed by atoms with E-state index in [0.717, 1.165) is 31.8 Å². The molecular weight excluding hydrogens is 230 g/mol. The molecule has 2 fully saturated rings. The Balaban J connectivity index is 1.60. The number of hydrogen-bond acceptors (Lipinski definition) is 4. The van der Waals surface area contributed by atoms with E-state index < -0.39 is 0 Å². The predicted octanol–water partition coefficient (Wildman–Crippen LogP) is 1.83. The molecule has 0 N–H and O–H groups in total. The fraction of sp³-hybridized carbons (Fsp3) is 0.929. The van der Waals surface area contributed by atoms with Crippen LogP contribution < -0.4 is 0 Å². The first-order valence-corrected chi connectivity index (χ1v) is 7.20. The molecule has 0 aromatic rings. The lowest BCUT2D eigenvalue weighted by molar-refractivity contribution is -0.145. The van der Waals surface area contributed by atoms with Crippen LogP contribution in [0.15, 0.2) is 0 Å². The highest BCUT2D eigenvalue weighted by Gasteiger charge is 2.30. The van der Waals surface area contributed by atoms with Crippen LogP contribution in [0, 0.1) is 5.92 Å². The van der Waals surface area contributed by atoms with E-state index in [1.165, 1.54) is 12.8 Å². The molecule has 1 aliphatic carbocycles. The van der Waals surface area contributed by atoms with E-state index in [4.69, 9.17) is 9.47 Å². The van der Waals surface area contributed by atoms with E-state index >= 15 is 0 Å². The number of carbonyl (C=O) groups is 1. The minimum Gasteiger partial charge on any atom is -0.465 e. The predicted molar refractivity (Wildman–Crippen MR) is 69.4 cm³/mol. The summed E-state index contributed by atoms with van der Waals surface area (Å²) in [7, 11) is 0. The molecule has 0 atom stereocenters. The molecule has 1 aliphatic heterocycles. The SMILES string of the molecule is CCOC(=O)CN1CCC(O[C@H]2C[C@@H](C)C2)CC1. The van der Waals surface area contributed by atoms with Gasteiger partial charge in [0, 0.05) is 13.1 Å². The summed E-state index contributed by atoms with van der Waals surface area (Å²) in [6.07, 6.45) is 5.45. The third-order valence-corrected chi connectivity index (χ3v) is 3.91. The Hall–Kier alpha value is -0.610. The largest absolute Gasteiger partial charge is 0.465 e. The average molecular weight is 255 g/mol. The lowest BCUT2D eigenvalue weighted by atomic mass is 9.84. The zero-order chi connectivity index (χ0) is 13.0. The van der Waals surface area contributed by atoms with Crippen LogP contribution in [0.3, 0.4) is 0 Å². The van der Waals surface area contributed by atoms with Gasteiger partial charge in [-0.25, -0.2) is 0 Å². The normalized spacial score (nSPS) is 29.9. The molecule has 1 heterocycles. The molecule has 0 amide bonds. The Morgan fingerprint density at radius 1 is 1.22 bits per heavy atom. The van der Waals surface area contributed by atoms with E-state index in [1.54, 1.807) is 0 Å². The Kier molecular flexibility index (Phi) is 5.01. The van der Waals surface area contributed by atoms with Crippen molar-refractivity contribution in [3.05, 3.63) is 0 Å². The highest BCUT2D eigenvalue weighted by molar-refractivity contribution is 5.71. The van der Waals surface area contributed by atoms with Gasteiger partial charge in [0.1, 0.15) is 0 Å². The van der Waals surface area contributed by atoms with Gasteiger partial charge in [0.05, 0.1) is 25.4 Å². The Bertz CT molecular complexity index is 268. The number of rotatable bonds is 5. The lowest BCUT2D eigenvalue weighted by Gasteiger charge is -2.38. The zero-order valence-corrected chi connectivity index (χ0v) is 11.6. The summed E-state index contributed by atoms with van der Waals surface area (Å²) in [6, 6.07) is 0. The van der Waals surface area contributed by atoms with Crippen LogP contribution in [-0.4, -0.2) is 49.3 Å². The minimum absolute atomic E-state index is 0.107. The first-order valence-electron chi connectivity index (χ1n) is 7.20. The summed E-state index contributed by atoms with van der Waals surface area (Å²) in [5.74, 6) is 0.739. The van der Waals surface area contributed by atoms with Gasteiger partial charge in [-0.3, -0.25) is 9.69 Å². The fourth-order valence-corrected chi connectivity index (χ4v) is 2.80. The van der Waals surface area contributed by atoms with Crippen molar-refractivity contribution in [2.75, 3.05) is 26.2 Å². The molecule has 4 nitrogen and oxygen atoms in total. The quantitative estimate of drug-likeness (QED) is 0.703. The number of esters is 1. The maximum Gasteiger partial charge on any atom is 0.320 e. The second-order valence-electron chi connectivity index (χ2n) is 5.62. The first kappa shape index (κ1) is 13.8. The molecule has 1 saturated heterocycles. The summed E-state index contributed by atoms with van der Waals surface area (Å²) in [5.41, 5.74) is 0. The summed E-state index contributed by atoms with van der Waals surface area (Å²) in [6.45, 7) is 6.93. The van der Waals surface area contributed by atoms with Gasteiger partial charge in [0.15, 0.2) is 0 Å². The van der Waals surface area contributed by atoms with E-state index in [1.807, 2.05) is 6.92 Å². The summed E-state index contributed by atoms with van der Waals surface area (Å²) >= 11 is 0. The number of hydrogen-bond donors (Lipinski definition) is 0. The molecule has 4 heteroatoms. The van der Waals surface area contributed by atoms with E-state index in [2.05, 4.69) is 11.8 Å². The molecule has 0 bridgehead atoms. The molecule has 2 rings (SSSR count). The van der Waals surface area contributed by atoms with Crippen molar-refractivity contribution in [2.24, 2.45) is 5.92 Å². The number of piperidine rings is 1. The van der Waals surface area contributed by atoms with Crippen LogP contribution in [0.4, 0.5) is 0 Å². The van der Waals surface area contributed by atoms with E-state index in [9.17, 15) is 4.79 Å². The summed E-state index contributed by atoms with van der Waals surface area (Å²) in [4.78, 5) is 13.5. The van der Waals surface area contributed by atoms with Crippen molar-refractivity contribution in [1.82, 2.24) is 4.90 Å². The van der Waals surface area contributed by atoms with Gasteiger partial charge in [0.25, 0.3) is 0 Å². The molecule has 0 radical (unpaired) electrons. The van der Waals surface area contributed by atoms with Crippen molar-refractivity contribution in [2.45, 2.75) is 51.7 Å². The van der Waals surface area contributed by atoms with Crippen LogP contribution in [0.2, 0.25) is 0 Å². The van der Waals surface area contributed by atoms with Crippen LogP contribution in [0.5, 0.6) is 0 Å². The monoisotopic (exact) mass is 255 g/mol. The first-order chi connectivity index (χ1) is 8.67. The number of likely N-dealkylation sites (tertiary alicyclic amines) is 1. The smallest absolute Gasteiger partial charge is 0.320 e. The summed E-state index contributed by atoms with van der Waals surface area (Å²) in [5, 5.41) is 0. The van der Waals surface area contributed by atoms with Crippen LogP contribution in [0.1, 0.15) is 39.5 Å². The van der Waals surface area contributed by atoms with Gasteiger partial charge in [-0.2, -0.15) is 0 Å². The van der Waals surface area contributed by atoms with Gasteiger partial charge in [-0.15, -0.1) is 0 Å². The van der Waals surface area contributed by atoms with Crippen LogP contribution in [-0.2, 0) is 14.3 Å². The molecule has 0 spiro atoms. The summed E-state index contributed by atoms with van der Waals surface area (Å²) < 4.78 is 11.0.